The highest BCUT2D eigenvalue weighted by molar-refractivity contribution is 7.25. The molecule has 0 bridgehead atoms. The van der Waals surface area contributed by atoms with Crippen LogP contribution in [-0.2, 0) is 0 Å². The van der Waals surface area contributed by atoms with Crippen molar-refractivity contribution < 1.29 is 0 Å². The van der Waals surface area contributed by atoms with E-state index in [0.717, 1.165) is 71.4 Å². The first kappa shape index (κ1) is 31.9. The molecule has 0 saturated heterocycles. The Kier molecular flexibility index (Phi) is 7.03. The molecule has 0 radical (unpaired) electrons. The van der Waals surface area contributed by atoms with E-state index < -0.39 is 0 Å². The van der Waals surface area contributed by atoms with Gasteiger partial charge in [0.15, 0.2) is 5.82 Å². The molecule has 0 aliphatic rings. The normalized spacial score (nSPS) is 11.9. The van der Waals surface area contributed by atoms with E-state index in [2.05, 4.69) is 197 Å². The number of para-hydroxylation sites is 2. The van der Waals surface area contributed by atoms with Crippen molar-refractivity contribution in [1.29, 1.82) is 0 Å². The molecular weight excluding hydrogens is 715 g/mol. The second-order valence-corrected chi connectivity index (χ2v) is 15.6. The number of fused-ring (bicyclic) bond motifs is 9. The smallest absolute Gasteiger partial charge is 0.240 e. The average Bonchev–Trinajstić information content (AvgIpc) is 3.93. The van der Waals surface area contributed by atoms with Crippen molar-refractivity contribution in [1.82, 2.24) is 24.1 Å². The largest absolute Gasteiger partial charge is 0.278 e. The van der Waals surface area contributed by atoms with Gasteiger partial charge in [0.05, 0.1) is 22.1 Å². The summed E-state index contributed by atoms with van der Waals surface area (Å²) in [5.41, 5.74) is 9.66. The zero-order chi connectivity index (χ0) is 37.5. The van der Waals surface area contributed by atoms with Crippen molar-refractivity contribution in [3.05, 3.63) is 188 Å². The molecule has 0 amide bonds. The van der Waals surface area contributed by atoms with Gasteiger partial charge in [-0.25, -0.2) is 0 Å². The van der Waals surface area contributed by atoms with E-state index in [4.69, 9.17) is 15.0 Å². The maximum Gasteiger partial charge on any atom is 0.240 e. The Hall–Kier alpha value is -7.41. The summed E-state index contributed by atoms with van der Waals surface area (Å²) < 4.78 is 6.90. The van der Waals surface area contributed by atoms with Crippen LogP contribution >= 0.6 is 11.3 Å². The van der Waals surface area contributed by atoms with Gasteiger partial charge in [0.25, 0.3) is 0 Å². The number of benzene rings is 8. The van der Waals surface area contributed by atoms with Crippen LogP contribution in [0.15, 0.2) is 188 Å². The molecule has 0 atom stereocenters. The van der Waals surface area contributed by atoms with Gasteiger partial charge in [0.1, 0.15) is 0 Å². The zero-order valence-electron chi connectivity index (χ0n) is 30.5. The number of nitrogens with zero attached hydrogens (tertiary/aromatic N) is 5. The van der Waals surface area contributed by atoms with E-state index in [1.54, 1.807) is 11.3 Å². The minimum absolute atomic E-state index is 0.563. The van der Waals surface area contributed by atoms with Crippen molar-refractivity contribution in [2.45, 2.75) is 0 Å². The Balaban J connectivity index is 1.17. The second-order valence-electron chi connectivity index (χ2n) is 14.5. The first-order valence-corrected chi connectivity index (χ1v) is 19.9. The Bertz CT molecular complexity index is 3350. The third-order valence-electron chi connectivity index (χ3n) is 11.2. The lowest BCUT2D eigenvalue weighted by atomic mass is 10.0. The fourth-order valence-electron chi connectivity index (χ4n) is 8.54. The SMILES string of the molecule is c1ccc(-c2ccc3c4ccccc4n(-c4nc(-c5ccc6c(c5)sc5ccccc56)nc(-n5c6ccccc6c6ccc(-c7ccccc7)cc65)n4)c3c2)cc1. The van der Waals surface area contributed by atoms with Gasteiger partial charge in [-0.2, -0.15) is 15.0 Å². The summed E-state index contributed by atoms with van der Waals surface area (Å²) in [5.74, 6) is 1.74. The van der Waals surface area contributed by atoms with Gasteiger partial charge in [-0.1, -0.05) is 152 Å². The molecule has 0 fully saturated rings. The molecule has 0 unspecified atom stereocenters. The molecule has 12 rings (SSSR count). The molecule has 0 spiro atoms. The molecule has 12 aromatic rings. The maximum atomic E-state index is 5.45. The Labute approximate surface area is 331 Å². The zero-order valence-corrected chi connectivity index (χ0v) is 31.4. The van der Waals surface area contributed by atoms with Crippen molar-refractivity contribution >= 4 is 75.1 Å². The lowest BCUT2D eigenvalue weighted by Gasteiger charge is -2.13. The molecule has 8 aromatic carbocycles. The Morgan fingerprint density at radius 2 is 0.737 bits per heavy atom. The number of aromatic nitrogens is 5. The van der Waals surface area contributed by atoms with Crippen LogP contribution < -0.4 is 0 Å². The molecule has 4 heterocycles. The number of thiophene rings is 1. The Morgan fingerprint density at radius 1 is 0.298 bits per heavy atom. The summed E-state index contributed by atoms with van der Waals surface area (Å²) in [7, 11) is 0. The van der Waals surface area contributed by atoms with Gasteiger partial charge in [-0.05, 0) is 58.7 Å². The van der Waals surface area contributed by atoms with Gasteiger partial charge < -0.3 is 0 Å². The van der Waals surface area contributed by atoms with Crippen LogP contribution in [-0.4, -0.2) is 24.1 Å². The maximum absolute atomic E-state index is 5.45. The lowest BCUT2D eigenvalue weighted by molar-refractivity contribution is 0.893. The quantitative estimate of drug-likeness (QED) is 0.176. The topological polar surface area (TPSA) is 48.5 Å². The molecule has 266 valence electrons. The third kappa shape index (κ3) is 5.04. The van der Waals surface area contributed by atoms with Gasteiger partial charge in [-0.15, -0.1) is 11.3 Å². The molecular formula is C51H31N5S. The fourth-order valence-corrected chi connectivity index (χ4v) is 9.69. The molecule has 5 nitrogen and oxygen atoms in total. The van der Waals surface area contributed by atoms with Crippen LogP contribution in [0.3, 0.4) is 0 Å². The monoisotopic (exact) mass is 745 g/mol. The molecule has 6 heteroatoms. The summed E-state index contributed by atoms with van der Waals surface area (Å²) in [6.07, 6.45) is 0. The van der Waals surface area contributed by atoms with Crippen molar-refractivity contribution in [2.75, 3.05) is 0 Å². The van der Waals surface area contributed by atoms with Gasteiger partial charge in [-0.3, -0.25) is 9.13 Å². The van der Waals surface area contributed by atoms with Crippen LogP contribution in [0.5, 0.6) is 0 Å². The van der Waals surface area contributed by atoms with Crippen LogP contribution in [0.25, 0.3) is 109 Å². The third-order valence-corrected chi connectivity index (χ3v) is 12.3. The number of hydrogen-bond acceptors (Lipinski definition) is 4. The van der Waals surface area contributed by atoms with E-state index >= 15 is 0 Å². The van der Waals surface area contributed by atoms with Crippen molar-refractivity contribution in [3.8, 4) is 45.5 Å². The molecule has 4 aromatic heterocycles. The highest BCUT2D eigenvalue weighted by Gasteiger charge is 2.22. The summed E-state index contributed by atoms with van der Waals surface area (Å²) in [5, 5.41) is 7.08. The molecule has 0 aliphatic carbocycles. The second kappa shape index (κ2) is 12.6. The van der Waals surface area contributed by atoms with Gasteiger partial charge in [0, 0.05) is 47.3 Å². The summed E-state index contributed by atoms with van der Waals surface area (Å²) >= 11 is 1.80. The van der Waals surface area contributed by atoms with E-state index in [1.165, 1.54) is 20.2 Å². The first-order valence-electron chi connectivity index (χ1n) is 19.1. The first-order chi connectivity index (χ1) is 28.2. The fraction of sp³-hybridized carbons (Fsp3) is 0. The molecule has 57 heavy (non-hydrogen) atoms. The minimum Gasteiger partial charge on any atom is -0.278 e. The van der Waals surface area contributed by atoms with E-state index in [0.29, 0.717) is 17.7 Å². The summed E-state index contributed by atoms with van der Waals surface area (Å²) in [6.45, 7) is 0. The number of hydrogen-bond donors (Lipinski definition) is 0. The standard InChI is InChI=1S/C51H31N5S/c1-3-13-32(14-4-1)34-23-26-39-37-17-7-10-20-43(37)55(45(39)29-34)50-52-49(36-25-28-42-41-19-9-12-22-47(41)57-48(42)31-36)53-51(54-50)56-44-21-11-8-18-38(44)40-27-24-35(30-46(40)56)33-15-5-2-6-16-33/h1-31H. The van der Waals surface area contributed by atoms with Gasteiger partial charge >= 0.3 is 0 Å². The minimum atomic E-state index is 0.563. The van der Waals surface area contributed by atoms with Crippen LogP contribution in [0.4, 0.5) is 0 Å². The van der Waals surface area contributed by atoms with Crippen LogP contribution in [0.2, 0.25) is 0 Å². The average molecular weight is 746 g/mol. The predicted octanol–water partition coefficient (Wildman–Crippen LogP) is 13.4. The lowest BCUT2D eigenvalue weighted by Crippen LogP contribution is -2.10. The summed E-state index contributed by atoms with van der Waals surface area (Å²) in [6, 6.07) is 66.8. The summed E-state index contributed by atoms with van der Waals surface area (Å²) in [4.78, 5) is 16.2. The van der Waals surface area contributed by atoms with E-state index in [1.807, 2.05) is 0 Å². The van der Waals surface area contributed by atoms with Gasteiger partial charge in [0.2, 0.25) is 11.9 Å². The molecule has 0 aliphatic heterocycles. The van der Waals surface area contributed by atoms with Crippen molar-refractivity contribution in [3.63, 3.8) is 0 Å². The van der Waals surface area contributed by atoms with E-state index in [9.17, 15) is 0 Å². The van der Waals surface area contributed by atoms with Crippen LogP contribution in [0.1, 0.15) is 0 Å². The predicted molar refractivity (Wildman–Crippen MR) is 238 cm³/mol. The van der Waals surface area contributed by atoms with Crippen LogP contribution in [0, 0.1) is 0 Å². The highest BCUT2D eigenvalue weighted by Crippen LogP contribution is 2.39. The van der Waals surface area contributed by atoms with E-state index in [-0.39, 0.29) is 0 Å². The van der Waals surface area contributed by atoms with Crippen molar-refractivity contribution in [2.24, 2.45) is 0 Å². The molecule has 0 N–H and O–H groups in total. The molecule has 0 saturated carbocycles. The Morgan fingerprint density at radius 3 is 1.32 bits per heavy atom. The highest BCUT2D eigenvalue weighted by atomic mass is 32.1. The number of rotatable bonds is 5.